The number of rotatable bonds is 7. The summed E-state index contributed by atoms with van der Waals surface area (Å²) in [6, 6.07) is 14.6. The summed E-state index contributed by atoms with van der Waals surface area (Å²) in [5.74, 6) is -0.208. The van der Waals surface area contributed by atoms with Crippen molar-refractivity contribution in [3.05, 3.63) is 54.1 Å². The van der Waals surface area contributed by atoms with Gasteiger partial charge in [-0.05, 0) is 48.2 Å². The summed E-state index contributed by atoms with van der Waals surface area (Å²) < 4.78 is 5.04. The van der Waals surface area contributed by atoms with E-state index in [0.29, 0.717) is 11.4 Å². The number of hydrogen-bond acceptors (Lipinski definition) is 5. The number of amides is 2. The molecule has 0 aliphatic rings. The molecule has 7 heteroatoms. The lowest BCUT2D eigenvalue weighted by Crippen LogP contribution is -2.24. The van der Waals surface area contributed by atoms with Gasteiger partial charge in [0.25, 0.3) is 0 Å². The molecule has 0 aliphatic heterocycles. The molecule has 0 bridgehead atoms. The second-order valence-electron chi connectivity index (χ2n) is 5.02. The van der Waals surface area contributed by atoms with Crippen LogP contribution in [0, 0.1) is 0 Å². The number of hydrazone groups is 1. The Morgan fingerprint density at radius 1 is 1.08 bits per heavy atom. The molecule has 0 atom stereocenters. The van der Waals surface area contributed by atoms with Crippen molar-refractivity contribution in [2.45, 2.75) is 11.3 Å². The zero-order chi connectivity index (χ0) is 18.1. The van der Waals surface area contributed by atoms with Gasteiger partial charge in [-0.2, -0.15) is 5.10 Å². The van der Waals surface area contributed by atoms with Crippen molar-refractivity contribution < 1.29 is 14.3 Å². The summed E-state index contributed by atoms with van der Waals surface area (Å²) in [5, 5.41) is 6.49. The average molecular weight is 357 g/mol. The molecule has 130 valence electrons. The Hall–Kier alpha value is -2.80. The van der Waals surface area contributed by atoms with Gasteiger partial charge in [-0.15, -0.1) is 11.8 Å². The van der Waals surface area contributed by atoms with Crippen molar-refractivity contribution in [3.8, 4) is 5.75 Å². The summed E-state index contributed by atoms with van der Waals surface area (Å²) in [5.41, 5.74) is 3.79. The van der Waals surface area contributed by atoms with Gasteiger partial charge in [-0.1, -0.05) is 12.1 Å². The molecular weight excluding hydrogens is 338 g/mol. The van der Waals surface area contributed by atoms with E-state index in [1.165, 1.54) is 6.21 Å². The molecule has 0 aliphatic carbocycles. The Balaban J connectivity index is 1.78. The molecule has 2 rings (SSSR count). The molecule has 0 fully saturated rings. The highest BCUT2D eigenvalue weighted by Crippen LogP contribution is 2.15. The first-order valence-corrected chi connectivity index (χ1v) is 8.73. The van der Waals surface area contributed by atoms with Crippen molar-refractivity contribution in [1.82, 2.24) is 5.43 Å². The van der Waals surface area contributed by atoms with Crippen LogP contribution in [0.1, 0.15) is 12.0 Å². The lowest BCUT2D eigenvalue weighted by atomic mass is 10.2. The van der Waals surface area contributed by atoms with Crippen LogP contribution in [-0.4, -0.2) is 31.4 Å². The summed E-state index contributed by atoms with van der Waals surface area (Å²) in [7, 11) is 1.57. The van der Waals surface area contributed by atoms with E-state index in [9.17, 15) is 9.59 Å². The van der Waals surface area contributed by atoms with Gasteiger partial charge in [0.2, 0.25) is 11.8 Å². The van der Waals surface area contributed by atoms with E-state index in [4.69, 9.17) is 4.74 Å². The number of hydrogen-bond donors (Lipinski definition) is 2. The minimum Gasteiger partial charge on any atom is -0.497 e. The van der Waals surface area contributed by atoms with Crippen LogP contribution in [-0.2, 0) is 9.59 Å². The van der Waals surface area contributed by atoms with Crippen LogP contribution in [0.15, 0.2) is 58.5 Å². The SMILES string of the molecule is COc1ccc(NC(=O)CC(=O)NN=Cc2ccc(SC)cc2)cc1. The largest absolute Gasteiger partial charge is 0.497 e. The highest BCUT2D eigenvalue weighted by atomic mass is 32.2. The fourth-order valence-electron chi connectivity index (χ4n) is 1.93. The number of carbonyl (C=O) groups is 2. The number of carbonyl (C=O) groups excluding carboxylic acids is 2. The zero-order valence-electron chi connectivity index (χ0n) is 14.0. The topological polar surface area (TPSA) is 79.8 Å². The van der Waals surface area contributed by atoms with Gasteiger partial charge in [0.1, 0.15) is 12.2 Å². The number of nitrogens with one attached hydrogen (secondary N) is 2. The monoisotopic (exact) mass is 357 g/mol. The maximum Gasteiger partial charge on any atom is 0.249 e. The molecule has 25 heavy (non-hydrogen) atoms. The number of nitrogens with zero attached hydrogens (tertiary/aromatic N) is 1. The van der Waals surface area contributed by atoms with Crippen LogP contribution < -0.4 is 15.5 Å². The molecule has 0 aromatic heterocycles. The van der Waals surface area contributed by atoms with Gasteiger partial charge in [0, 0.05) is 10.6 Å². The van der Waals surface area contributed by atoms with Crippen LogP contribution in [0.5, 0.6) is 5.75 Å². The number of benzene rings is 2. The minimum absolute atomic E-state index is 0.311. The van der Waals surface area contributed by atoms with Crippen molar-refractivity contribution in [3.63, 3.8) is 0 Å². The van der Waals surface area contributed by atoms with Crippen LogP contribution >= 0.6 is 11.8 Å². The normalized spacial score (nSPS) is 10.5. The molecule has 0 heterocycles. The van der Waals surface area contributed by atoms with Gasteiger partial charge >= 0.3 is 0 Å². The van der Waals surface area contributed by atoms with Gasteiger partial charge < -0.3 is 10.1 Å². The number of ether oxygens (including phenoxy) is 1. The molecule has 0 radical (unpaired) electrons. The third kappa shape index (κ3) is 6.31. The quantitative estimate of drug-likeness (QED) is 0.346. The molecular formula is C18H19N3O3S. The van der Waals surface area contributed by atoms with Gasteiger partial charge in [0.15, 0.2) is 0 Å². The van der Waals surface area contributed by atoms with E-state index >= 15 is 0 Å². The molecule has 2 aromatic carbocycles. The standard InChI is InChI=1S/C18H19N3O3S/c1-24-15-7-5-14(6-8-15)20-17(22)11-18(23)21-19-12-13-3-9-16(25-2)10-4-13/h3-10,12H,11H2,1-2H3,(H,20,22)(H,21,23). The van der Waals surface area contributed by atoms with Crippen molar-refractivity contribution in [2.24, 2.45) is 5.10 Å². The Bertz CT molecular complexity index is 743. The highest BCUT2D eigenvalue weighted by molar-refractivity contribution is 7.98. The fraction of sp³-hybridized carbons (Fsp3) is 0.167. The molecule has 0 saturated heterocycles. The average Bonchev–Trinajstić information content (AvgIpc) is 2.63. The number of thioether (sulfide) groups is 1. The first-order chi connectivity index (χ1) is 12.1. The van der Waals surface area contributed by atoms with Gasteiger partial charge in [-0.25, -0.2) is 5.43 Å². The van der Waals surface area contributed by atoms with E-state index in [0.717, 1.165) is 10.5 Å². The zero-order valence-corrected chi connectivity index (χ0v) is 14.8. The summed E-state index contributed by atoms with van der Waals surface area (Å²) in [6.45, 7) is 0. The molecule has 0 saturated carbocycles. The highest BCUT2D eigenvalue weighted by Gasteiger charge is 2.09. The Morgan fingerprint density at radius 2 is 1.76 bits per heavy atom. The molecule has 2 N–H and O–H groups in total. The number of methoxy groups -OCH3 is 1. The molecule has 6 nitrogen and oxygen atoms in total. The Morgan fingerprint density at radius 3 is 2.36 bits per heavy atom. The third-order valence-electron chi connectivity index (χ3n) is 3.21. The first kappa shape index (κ1) is 18.5. The van der Waals surface area contributed by atoms with E-state index in [1.54, 1.807) is 43.1 Å². The minimum atomic E-state index is -0.483. The molecule has 2 amide bonds. The summed E-state index contributed by atoms with van der Waals surface area (Å²) in [4.78, 5) is 24.7. The molecule has 0 unspecified atom stereocenters. The smallest absolute Gasteiger partial charge is 0.249 e. The summed E-state index contributed by atoms with van der Waals surface area (Å²) in [6.07, 6.45) is 3.22. The predicted molar refractivity (Wildman–Crippen MR) is 100 cm³/mol. The van der Waals surface area contributed by atoms with Gasteiger partial charge in [0.05, 0.1) is 13.3 Å². The second kappa shape index (κ2) is 9.48. The summed E-state index contributed by atoms with van der Waals surface area (Å²) >= 11 is 1.65. The third-order valence-corrected chi connectivity index (χ3v) is 3.96. The molecule has 0 spiro atoms. The Kier molecular flexibility index (Phi) is 7.03. The van der Waals surface area contributed by atoms with Crippen LogP contribution in [0.25, 0.3) is 0 Å². The Labute approximate surface area is 150 Å². The van der Waals surface area contributed by atoms with Crippen LogP contribution in [0.4, 0.5) is 5.69 Å². The predicted octanol–water partition coefficient (Wildman–Crippen LogP) is 2.90. The first-order valence-electron chi connectivity index (χ1n) is 7.50. The number of anilines is 1. The molecule has 2 aromatic rings. The van der Waals surface area contributed by atoms with Crippen molar-refractivity contribution >= 4 is 35.5 Å². The van der Waals surface area contributed by atoms with E-state index in [2.05, 4.69) is 15.8 Å². The van der Waals surface area contributed by atoms with Crippen molar-refractivity contribution in [2.75, 3.05) is 18.7 Å². The lowest BCUT2D eigenvalue weighted by Gasteiger charge is -2.05. The van der Waals surface area contributed by atoms with Gasteiger partial charge in [-0.3, -0.25) is 9.59 Å². The fourth-order valence-corrected chi connectivity index (χ4v) is 2.34. The van der Waals surface area contributed by atoms with E-state index in [1.807, 2.05) is 30.5 Å². The lowest BCUT2D eigenvalue weighted by molar-refractivity contribution is -0.126. The second-order valence-corrected chi connectivity index (χ2v) is 5.90. The van der Waals surface area contributed by atoms with E-state index < -0.39 is 11.8 Å². The maximum atomic E-state index is 11.8. The van der Waals surface area contributed by atoms with E-state index in [-0.39, 0.29) is 6.42 Å². The van der Waals surface area contributed by atoms with Crippen LogP contribution in [0.3, 0.4) is 0 Å². The van der Waals surface area contributed by atoms with Crippen LogP contribution in [0.2, 0.25) is 0 Å². The van der Waals surface area contributed by atoms with Crippen molar-refractivity contribution in [1.29, 1.82) is 0 Å². The maximum absolute atomic E-state index is 11.8.